The SMILES string of the molecule is C1C2CC3CC1CC(C14CC5CC(CC(C5)C1)C4)(C2)C3.C1COC1.C1COC1. The summed E-state index contributed by atoms with van der Waals surface area (Å²) in [6.07, 6.45) is 22.4. The first-order valence-electron chi connectivity index (χ1n) is 12.9. The molecule has 0 unspecified atom stereocenters. The second-order valence-electron chi connectivity index (χ2n) is 12.3. The predicted molar refractivity (Wildman–Crippen MR) is 112 cm³/mol. The molecular weight excluding hydrogens is 344 g/mol. The number of hydrogen-bond donors (Lipinski definition) is 0. The summed E-state index contributed by atoms with van der Waals surface area (Å²) in [7, 11) is 0. The lowest BCUT2D eigenvalue weighted by Crippen LogP contribution is -2.60. The van der Waals surface area contributed by atoms with E-state index < -0.39 is 0 Å². The van der Waals surface area contributed by atoms with Crippen LogP contribution in [-0.2, 0) is 9.47 Å². The van der Waals surface area contributed by atoms with Crippen molar-refractivity contribution in [1.29, 1.82) is 0 Å². The molecule has 0 atom stereocenters. The molecule has 0 aromatic rings. The van der Waals surface area contributed by atoms with Crippen LogP contribution in [0.2, 0.25) is 0 Å². The topological polar surface area (TPSA) is 18.5 Å². The monoisotopic (exact) mass is 386 g/mol. The zero-order valence-electron chi connectivity index (χ0n) is 18.0. The van der Waals surface area contributed by atoms with Gasteiger partial charge in [0.1, 0.15) is 0 Å². The van der Waals surface area contributed by atoms with Crippen molar-refractivity contribution in [3.05, 3.63) is 0 Å². The van der Waals surface area contributed by atoms with E-state index in [9.17, 15) is 0 Å². The summed E-state index contributed by atoms with van der Waals surface area (Å²) in [5, 5.41) is 0. The zero-order valence-corrected chi connectivity index (χ0v) is 18.0. The van der Waals surface area contributed by atoms with Crippen LogP contribution >= 0.6 is 0 Å². The Bertz CT molecular complexity index is 430. The Kier molecular flexibility index (Phi) is 4.84. The molecule has 2 heterocycles. The summed E-state index contributed by atoms with van der Waals surface area (Å²) >= 11 is 0. The second kappa shape index (κ2) is 7.26. The molecule has 2 nitrogen and oxygen atoms in total. The standard InChI is InChI=1S/C20H30.2C3H6O/c1-13-2-15-3-14(1)8-19(7-13,9-15)20-10-16-4-17(11-20)6-18(5-16)12-20;2*1-2-4-3-1/h13-18H,1-12H2;2*1-3H2. The average molecular weight is 387 g/mol. The largest absolute Gasteiger partial charge is 0.381 e. The van der Waals surface area contributed by atoms with Crippen LogP contribution in [0.3, 0.4) is 0 Å². The normalized spacial score (nSPS) is 54.0. The van der Waals surface area contributed by atoms with Gasteiger partial charge in [0, 0.05) is 26.4 Å². The van der Waals surface area contributed by atoms with E-state index in [2.05, 4.69) is 0 Å². The van der Waals surface area contributed by atoms with E-state index in [0.717, 1.165) is 72.8 Å². The minimum Gasteiger partial charge on any atom is -0.381 e. The lowest BCUT2D eigenvalue weighted by molar-refractivity contribution is -0.199. The minimum absolute atomic E-state index is 0.859. The van der Waals surface area contributed by atoms with Crippen molar-refractivity contribution in [1.82, 2.24) is 0 Å². The molecule has 158 valence electrons. The molecule has 0 aromatic carbocycles. The fourth-order valence-corrected chi connectivity index (χ4v) is 9.81. The van der Waals surface area contributed by atoms with E-state index in [1.165, 1.54) is 12.8 Å². The maximum absolute atomic E-state index is 4.72. The van der Waals surface area contributed by atoms with Crippen LogP contribution in [0.25, 0.3) is 0 Å². The van der Waals surface area contributed by atoms with Gasteiger partial charge in [-0.15, -0.1) is 0 Å². The molecule has 10 fully saturated rings. The molecule has 2 heteroatoms. The van der Waals surface area contributed by atoms with Gasteiger partial charge in [-0.2, -0.15) is 0 Å². The third-order valence-electron chi connectivity index (χ3n) is 10.4. The van der Waals surface area contributed by atoms with Crippen LogP contribution < -0.4 is 0 Å². The quantitative estimate of drug-likeness (QED) is 0.531. The summed E-state index contributed by atoms with van der Waals surface area (Å²) in [6.45, 7) is 4.00. The Balaban J connectivity index is 0.000000163. The van der Waals surface area contributed by atoms with Gasteiger partial charge in [-0.3, -0.25) is 0 Å². The lowest BCUT2D eigenvalue weighted by atomic mass is 9.35. The van der Waals surface area contributed by atoms with Crippen molar-refractivity contribution < 1.29 is 9.47 Å². The average Bonchev–Trinajstić information content (AvgIpc) is 2.48. The number of rotatable bonds is 1. The molecule has 8 saturated carbocycles. The zero-order chi connectivity index (χ0) is 18.6. The number of ether oxygens (including phenoxy) is 2. The summed E-state index contributed by atoms with van der Waals surface area (Å²) in [6, 6.07) is 0. The summed E-state index contributed by atoms with van der Waals surface area (Å²) in [5.41, 5.74) is 1.72. The molecule has 8 aliphatic carbocycles. The van der Waals surface area contributed by atoms with Crippen molar-refractivity contribution in [2.45, 2.75) is 89.9 Å². The van der Waals surface area contributed by atoms with Gasteiger partial charge in [0.25, 0.3) is 0 Å². The van der Waals surface area contributed by atoms with Gasteiger partial charge in [0.05, 0.1) is 0 Å². The van der Waals surface area contributed by atoms with Crippen molar-refractivity contribution >= 4 is 0 Å². The highest BCUT2D eigenvalue weighted by molar-refractivity contribution is 5.14. The molecule has 0 spiro atoms. The molecule has 0 amide bonds. The maximum atomic E-state index is 4.72. The van der Waals surface area contributed by atoms with Crippen LogP contribution in [0.1, 0.15) is 89.9 Å². The Morgan fingerprint density at radius 1 is 0.393 bits per heavy atom. The second-order valence-corrected chi connectivity index (χ2v) is 12.3. The van der Waals surface area contributed by atoms with E-state index in [1.807, 2.05) is 0 Å². The predicted octanol–water partition coefficient (Wildman–Crippen LogP) is 6.23. The molecule has 0 N–H and O–H groups in total. The molecular formula is C26H42O2. The highest BCUT2D eigenvalue weighted by atomic mass is 16.5. The molecule has 0 radical (unpaired) electrons. The van der Waals surface area contributed by atoms with Crippen molar-refractivity contribution in [3.63, 3.8) is 0 Å². The fourth-order valence-electron chi connectivity index (χ4n) is 9.81. The molecule has 2 aliphatic heterocycles. The van der Waals surface area contributed by atoms with Gasteiger partial charge in [-0.1, -0.05) is 0 Å². The first-order valence-corrected chi connectivity index (χ1v) is 12.9. The fraction of sp³-hybridized carbons (Fsp3) is 1.00. The molecule has 28 heavy (non-hydrogen) atoms. The third kappa shape index (κ3) is 3.20. The van der Waals surface area contributed by atoms with Gasteiger partial charge in [0.2, 0.25) is 0 Å². The first-order chi connectivity index (χ1) is 13.7. The summed E-state index contributed by atoms with van der Waals surface area (Å²) in [4.78, 5) is 0. The van der Waals surface area contributed by atoms with Gasteiger partial charge >= 0.3 is 0 Å². The van der Waals surface area contributed by atoms with E-state index in [0.29, 0.717) is 0 Å². The van der Waals surface area contributed by atoms with Crippen molar-refractivity contribution in [3.8, 4) is 0 Å². The Hall–Kier alpha value is -0.0800. The highest BCUT2D eigenvalue weighted by Crippen LogP contribution is 2.74. The highest BCUT2D eigenvalue weighted by Gasteiger charge is 2.64. The molecule has 8 bridgehead atoms. The van der Waals surface area contributed by atoms with E-state index in [1.54, 1.807) is 77.0 Å². The van der Waals surface area contributed by atoms with Gasteiger partial charge in [0.15, 0.2) is 0 Å². The van der Waals surface area contributed by atoms with E-state index in [4.69, 9.17) is 9.47 Å². The Morgan fingerprint density at radius 3 is 0.714 bits per heavy atom. The van der Waals surface area contributed by atoms with Crippen LogP contribution in [0.15, 0.2) is 0 Å². The minimum atomic E-state index is 0.859. The van der Waals surface area contributed by atoms with Gasteiger partial charge in [-0.25, -0.2) is 0 Å². The van der Waals surface area contributed by atoms with Gasteiger partial charge < -0.3 is 9.47 Å². The van der Waals surface area contributed by atoms with E-state index in [-0.39, 0.29) is 0 Å². The number of hydrogen-bond acceptors (Lipinski definition) is 2. The third-order valence-corrected chi connectivity index (χ3v) is 10.4. The molecule has 10 aliphatic rings. The molecule has 2 saturated heterocycles. The van der Waals surface area contributed by atoms with Crippen molar-refractivity contribution in [2.24, 2.45) is 46.3 Å². The smallest absolute Gasteiger partial charge is 0.0488 e. The Labute approximate surface area is 172 Å². The molecule has 0 aromatic heterocycles. The van der Waals surface area contributed by atoms with Gasteiger partial charge in [-0.05, 0) is 136 Å². The lowest BCUT2D eigenvalue weighted by Gasteiger charge is -2.70. The first kappa shape index (κ1) is 18.7. The van der Waals surface area contributed by atoms with Crippen LogP contribution in [0.4, 0.5) is 0 Å². The van der Waals surface area contributed by atoms with Crippen molar-refractivity contribution in [2.75, 3.05) is 26.4 Å². The summed E-state index contributed by atoms with van der Waals surface area (Å²) in [5.74, 6) is 6.97. The van der Waals surface area contributed by atoms with Crippen LogP contribution in [0.5, 0.6) is 0 Å². The van der Waals surface area contributed by atoms with E-state index >= 15 is 0 Å². The Morgan fingerprint density at radius 2 is 0.571 bits per heavy atom. The maximum Gasteiger partial charge on any atom is 0.0488 e. The van der Waals surface area contributed by atoms with Crippen LogP contribution in [0, 0.1) is 46.3 Å². The summed E-state index contributed by atoms with van der Waals surface area (Å²) < 4.78 is 9.44. The van der Waals surface area contributed by atoms with Crippen LogP contribution in [-0.4, -0.2) is 26.4 Å². The molecule has 10 rings (SSSR count).